The van der Waals surface area contributed by atoms with Crippen molar-refractivity contribution >= 4 is 28.5 Å². The van der Waals surface area contributed by atoms with E-state index in [9.17, 15) is 14.4 Å². The highest BCUT2D eigenvalue weighted by atomic mass is 16.5. The van der Waals surface area contributed by atoms with Crippen LogP contribution in [-0.4, -0.2) is 21.8 Å². The van der Waals surface area contributed by atoms with Gasteiger partial charge in [0.2, 0.25) is 5.91 Å². The maximum absolute atomic E-state index is 12.3. The molecule has 8 nitrogen and oxygen atoms in total. The topological polar surface area (TPSA) is 125 Å². The Bertz CT molecular complexity index is 1130. The predicted molar refractivity (Wildman–Crippen MR) is 101 cm³/mol. The molecule has 1 aromatic heterocycles. The number of ether oxygens (including phenoxy) is 1. The monoisotopic (exact) mass is 376 g/mol. The molecule has 1 heterocycles. The van der Waals surface area contributed by atoms with Gasteiger partial charge in [-0.25, -0.2) is 9.78 Å². The Balaban J connectivity index is 1.71. The van der Waals surface area contributed by atoms with E-state index in [1.54, 1.807) is 37.3 Å². The quantitative estimate of drug-likeness (QED) is 0.660. The summed E-state index contributed by atoms with van der Waals surface area (Å²) >= 11 is 0. The summed E-state index contributed by atoms with van der Waals surface area (Å²) in [6, 6.07) is 14.7. The number of carbonyl (C=O) groups is 2. The molecule has 0 unspecified atom stereocenters. The fourth-order valence-electron chi connectivity index (χ4n) is 2.55. The van der Waals surface area contributed by atoms with E-state index in [4.69, 9.17) is 10.00 Å². The van der Waals surface area contributed by atoms with Crippen molar-refractivity contribution in [3.05, 3.63) is 70.3 Å². The Labute approximate surface area is 159 Å². The lowest BCUT2D eigenvalue weighted by molar-refractivity contribution is -0.115. The molecule has 0 fully saturated rings. The molecule has 0 aliphatic rings. The van der Waals surface area contributed by atoms with Gasteiger partial charge in [0.1, 0.15) is 6.42 Å². The van der Waals surface area contributed by atoms with Crippen LogP contribution in [0.25, 0.3) is 10.9 Å². The Hall–Kier alpha value is -3.99. The van der Waals surface area contributed by atoms with Gasteiger partial charge in [0.25, 0.3) is 5.56 Å². The summed E-state index contributed by atoms with van der Waals surface area (Å²) < 4.78 is 5.38. The van der Waals surface area contributed by atoms with Crippen molar-refractivity contribution in [2.24, 2.45) is 0 Å². The Morgan fingerprint density at radius 2 is 1.93 bits per heavy atom. The predicted octanol–water partition coefficient (Wildman–Crippen LogP) is 2.69. The molecule has 1 amide bonds. The number of anilines is 1. The summed E-state index contributed by atoms with van der Waals surface area (Å²) in [5, 5.41) is 11.5. The van der Waals surface area contributed by atoms with Crippen LogP contribution < -0.4 is 10.9 Å². The van der Waals surface area contributed by atoms with Gasteiger partial charge in [-0.3, -0.25) is 9.59 Å². The number of hydrogen-bond donors (Lipinski definition) is 2. The maximum Gasteiger partial charge on any atom is 0.338 e. The number of hydrogen-bond acceptors (Lipinski definition) is 6. The van der Waals surface area contributed by atoms with E-state index in [1.807, 2.05) is 0 Å². The molecule has 0 aliphatic heterocycles. The Morgan fingerprint density at radius 3 is 2.64 bits per heavy atom. The molecule has 0 bridgehead atoms. The van der Waals surface area contributed by atoms with Crippen molar-refractivity contribution in [3.8, 4) is 6.07 Å². The molecule has 0 saturated heterocycles. The van der Waals surface area contributed by atoms with E-state index in [0.717, 1.165) is 0 Å². The molecule has 28 heavy (non-hydrogen) atoms. The molecule has 3 rings (SSSR count). The number of nitrogens with zero attached hydrogens (tertiary/aromatic N) is 2. The van der Waals surface area contributed by atoms with Crippen molar-refractivity contribution in [3.63, 3.8) is 0 Å². The SMILES string of the molecule is C[C@@H](OC(=O)c1ccc(NC(=O)CC#N)cc1)c1nc2ccccc2c(=O)[nH]1. The molecule has 3 aromatic rings. The highest BCUT2D eigenvalue weighted by Crippen LogP contribution is 2.17. The lowest BCUT2D eigenvalue weighted by Crippen LogP contribution is -2.17. The molecule has 0 spiro atoms. The Morgan fingerprint density at radius 1 is 1.21 bits per heavy atom. The first kappa shape index (κ1) is 18.8. The number of benzene rings is 2. The highest BCUT2D eigenvalue weighted by Gasteiger charge is 2.17. The number of H-pyrrole nitrogens is 1. The summed E-state index contributed by atoms with van der Waals surface area (Å²) in [6.07, 6.45) is -1.02. The van der Waals surface area contributed by atoms with Gasteiger partial charge in [-0.05, 0) is 43.3 Å². The molecule has 0 radical (unpaired) electrons. The number of carbonyl (C=O) groups excluding carboxylic acids is 2. The standard InChI is InChI=1S/C20H16N4O4/c1-12(18-23-16-5-3-2-4-15(16)19(26)24-18)28-20(27)13-6-8-14(9-7-13)22-17(25)10-11-21/h2-9,12H,10H2,1H3,(H,22,25)(H,23,24,26)/t12-/m1/s1. The van der Waals surface area contributed by atoms with E-state index >= 15 is 0 Å². The van der Waals surface area contributed by atoms with Gasteiger partial charge >= 0.3 is 5.97 Å². The van der Waals surface area contributed by atoms with Crippen molar-refractivity contribution in [2.75, 3.05) is 5.32 Å². The van der Waals surface area contributed by atoms with Crippen molar-refractivity contribution in [1.29, 1.82) is 5.26 Å². The van der Waals surface area contributed by atoms with Crippen LogP contribution in [-0.2, 0) is 9.53 Å². The van der Waals surface area contributed by atoms with Gasteiger partial charge in [0.15, 0.2) is 11.9 Å². The zero-order chi connectivity index (χ0) is 20.1. The number of nitriles is 1. The normalized spacial score (nSPS) is 11.4. The zero-order valence-corrected chi connectivity index (χ0v) is 14.9. The number of aromatic amines is 1. The largest absolute Gasteiger partial charge is 0.451 e. The van der Waals surface area contributed by atoms with Gasteiger partial charge < -0.3 is 15.0 Å². The van der Waals surface area contributed by atoms with Crippen LogP contribution in [0.1, 0.15) is 35.6 Å². The summed E-state index contributed by atoms with van der Waals surface area (Å²) in [7, 11) is 0. The first-order chi connectivity index (χ1) is 13.5. The van der Waals surface area contributed by atoms with Gasteiger partial charge in [0.05, 0.1) is 22.5 Å². The number of nitrogens with one attached hydrogen (secondary N) is 2. The smallest absolute Gasteiger partial charge is 0.338 e. The fraction of sp³-hybridized carbons (Fsp3) is 0.150. The third-order valence-corrected chi connectivity index (χ3v) is 3.94. The van der Waals surface area contributed by atoms with Crippen LogP contribution in [0.15, 0.2) is 53.3 Å². The number of amides is 1. The highest BCUT2D eigenvalue weighted by molar-refractivity contribution is 5.93. The van der Waals surface area contributed by atoms with Gasteiger partial charge in [-0.2, -0.15) is 5.26 Å². The van der Waals surface area contributed by atoms with E-state index in [1.165, 1.54) is 24.3 Å². The second-order valence-corrected chi connectivity index (χ2v) is 5.98. The third kappa shape index (κ3) is 4.22. The average Bonchev–Trinajstić information content (AvgIpc) is 2.68. The number of para-hydroxylation sites is 1. The van der Waals surface area contributed by atoms with Crippen LogP contribution >= 0.6 is 0 Å². The molecule has 140 valence electrons. The number of fused-ring (bicyclic) bond motifs is 1. The first-order valence-electron chi connectivity index (χ1n) is 8.44. The van der Waals surface area contributed by atoms with Crippen LogP contribution in [0.5, 0.6) is 0 Å². The van der Waals surface area contributed by atoms with Crippen LogP contribution in [0.4, 0.5) is 5.69 Å². The third-order valence-electron chi connectivity index (χ3n) is 3.94. The molecular formula is C20H16N4O4. The summed E-state index contributed by atoms with van der Waals surface area (Å²) in [6.45, 7) is 1.61. The fourth-order valence-corrected chi connectivity index (χ4v) is 2.55. The van der Waals surface area contributed by atoms with Crippen LogP contribution in [0.3, 0.4) is 0 Å². The van der Waals surface area contributed by atoms with Crippen molar-refractivity contribution in [2.45, 2.75) is 19.4 Å². The molecule has 0 aliphatic carbocycles. The van der Waals surface area contributed by atoms with E-state index in [2.05, 4.69) is 15.3 Å². The Kier molecular flexibility index (Phi) is 5.46. The van der Waals surface area contributed by atoms with E-state index in [0.29, 0.717) is 16.6 Å². The lowest BCUT2D eigenvalue weighted by atomic mass is 10.2. The minimum absolute atomic E-state index is 0.248. The minimum atomic E-state index is -0.764. The minimum Gasteiger partial charge on any atom is -0.451 e. The summed E-state index contributed by atoms with van der Waals surface area (Å²) in [4.78, 5) is 42.8. The molecular weight excluding hydrogens is 360 g/mol. The number of aromatic nitrogens is 2. The molecule has 0 saturated carbocycles. The van der Waals surface area contributed by atoms with Crippen molar-refractivity contribution in [1.82, 2.24) is 9.97 Å². The van der Waals surface area contributed by atoms with Gasteiger partial charge in [0, 0.05) is 5.69 Å². The maximum atomic E-state index is 12.3. The van der Waals surface area contributed by atoms with Gasteiger partial charge in [-0.15, -0.1) is 0 Å². The molecule has 1 atom stereocenters. The first-order valence-corrected chi connectivity index (χ1v) is 8.44. The van der Waals surface area contributed by atoms with Crippen LogP contribution in [0.2, 0.25) is 0 Å². The number of esters is 1. The molecule has 8 heteroatoms. The van der Waals surface area contributed by atoms with Crippen molar-refractivity contribution < 1.29 is 14.3 Å². The number of rotatable bonds is 5. The van der Waals surface area contributed by atoms with Gasteiger partial charge in [-0.1, -0.05) is 12.1 Å². The second kappa shape index (κ2) is 8.14. The lowest BCUT2D eigenvalue weighted by Gasteiger charge is -2.13. The molecule has 2 N–H and O–H groups in total. The average molecular weight is 376 g/mol. The zero-order valence-electron chi connectivity index (χ0n) is 14.9. The van der Waals surface area contributed by atoms with E-state index < -0.39 is 18.0 Å². The summed E-state index contributed by atoms with van der Waals surface area (Å²) in [5.74, 6) is -0.784. The van der Waals surface area contributed by atoms with E-state index in [-0.39, 0.29) is 23.4 Å². The molecule has 2 aromatic carbocycles. The van der Waals surface area contributed by atoms with Crippen LogP contribution in [0, 0.1) is 11.3 Å². The summed E-state index contributed by atoms with van der Waals surface area (Å²) in [5.41, 5.74) is 0.946. The second-order valence-electron chi connectivity index (χ2n) is 5.98.